The average Bonchev–Trinajstić information content (AvgIpc) is 3.01. The van der Waals surface area contributed by atoms with E-state index in [1.165, 1.54) is 23.4 Å². The number of aromatic nitrogens is 2. The maximum absolute atomic E-state index is 13.7. The van der Waals surface area contributed by atoms with Crippen molar-refractivity contribution in [1.82, 2.24) is 20.2 Å². The summed E-state index contributed by atoms with van der Waals surface area (Å²) in [6.45, 7) is 4.00. The van der Waals surface area contributed by atoms with E-state index in [1.807, 2.05) is 30.3 Å². The molecule has 1 aliphatic rings. The van der Waals surface area contributed by atoms with Gasteiger partial charge in [0.05, 0.1) is 25.6 Å². The van der Waals surface area contributed by atoms with Gasteiger partial charge in [-0.05, 0) is 61.1 Å². The first-order valence-corrected chi connectivity index (χ1v) is 13.6. The van der Waals surface area contributed by atoms with Crippen LogP contribution < -0.4 is 29.9 Å². The van der Waals surface area contributed by atoms with Crippen molar-refractivity contribution in [2.45, 2.75) is 6.54 Å². The lowest BCUT2D eigenvalue weighted by Crippen LogP contribution is -2.44. The van der Waals surface area contributed by atoms with Crippen LogP contribution in [0, 0.1) is 5.82 Å². The first-order valence-electron chi connectivity index (χ1n) is 13.6. The van der Waals surface area contributed by atoms with Gasteiger partial charge >= 0.3 is 6.03 Å². The van der Waals surface area contributed by atoms with E-state index in [0.717, 1.165) is 31.9 Å². The van der Waals surface area contributed by atoms with Gasteiger partial charge in [-0.15, -0.1) is 0 Å². The van der Waals surface area contributed by atoms with Crippen LogP contribution in [0.1, 0.15) is 5.56 Å². The molecule has 0 unspecified atom stereocenters. The van der Waals surface area contributed by atoms with Crippen LogP contribution in [-0.4, -0.2) is 68.3 Å². The van der Waals surface area contributed by atoms with Gasteiger partial charge in [0.1, 0.15) is 35.3 Å². The Morgan fingerprint density at radius 1 is 0.952 bits per heavy atom. The molecule has 5 rings (SSSR count). The fraction of sp³-hybridized carbons (Fsp3) is 0.258. The zero-order chi connectivity index (χ0) is 29.5. The maximum Gasteiger partial charge on any atom is 0.327 e. The molecule has 0 aliphatic carbocycles. The van der Waals surface area contributed by atoms with Gasteiger partial charge in [0.25, 0.3) is 0 Å². The number of piperazine rings is 1. The number of halogens is 1. The lowest BCUT2D eigenvalue weighted by atomic mass is 10.2. The summed E-state index contributed by atoms with van der Waals surface area (Å²) in [6, 6.07) is 20.6. The van der Waals surface area contributed by atoms with Crippen molar-refractivity contribution in [3.05, 3.63) is 90.5 Å². The largest absolute Gasteiger partial charge is 0.497 e. The topological polar surface area (TPSA) is 95.1 Å². The van der Waals surface area contributed by atoms with Gasteiger partial charge in [-0.25, -0.2) is 24.1 Å². The predicted molar refractivity (Wildman–Crippen MR) is 162 cm³/mol. The summed E-state index contributed by atoms with van der Waals surface area (Å²) in [4.78, 5) is 28.5. The molecule has 0 radical (unpaired) electrons. The molecule has 10 nitrogen and oxygen atoms in total. The SMILES string of the molecule is COc1ccc(Nc2cc(N(C(=O)NCc3cccc(F)c3)c3ccc(N4CCN(C)CC4)cc3)ncn2)c(OC)c1. The van der Waals surface area contributed by atoms with Crippen LogP contribution in [0.5, 0.6) is 11.5 Å². The number of benzene rings is 3. The summed E-state index contributed by atoms with van der Waals surface area (Å²) in [5.41, 5.74) is 3.02. The number of hydrogen-bond acceptors (Lipinski definition) is 8. The van der Waals surface area contributed by atoms with Gasteiger partial charge in [0, 0.05) is 50.5 Å². The van der Waals surface area contributed by atoms with Crippen LogP contribution in [0.15, 0.2) is 79.1 Å². The van der Waals surface area contributed by atoms with E-state index in [1.54, 1.807) is 44.6 Å². The van der Waals surface area contributed by atoms with Crippen LogP contribution in [0.3, 0.4) is 0 Å². The number of likely N-dealkylation sites (N-methyl/N-ethyl adjacent to an activating group) is 1. The van der Waals surface area contributed by atoms with Gasteiger partial charge in [-0.1, -0.05) is 12.1 Å². The lowest BCUT2D eigenvalue weighted by molar-refractivity contribution is 0.248. The highest BCUT2D eigenvalue weighted by molar-refractivity contribution is 5.99. The summed E-state index contributed by atoms with van der Waals surface area (Å²) in [5, 5.41) is 6.13. The molecular weight excluding hydrogens is 537 g/mol. The van der Waals surface area contributed by atoms with Crippen molar-refractivity contribution in [3.63, 3.8) is 0 Å². The monoisotopic (exact) mass is 571 g/mol. The molecule has 2 amide bonds. The standard InChI is InChI=1S/C31H34FN7O3/c1-37-13-15-38(16-14-37)24-7-9-25(10-8-24)39(31(40)33-20-22-5-4-6-23(32)17-22)30-19-29(34-21-35-30)36-27-12-11-26(41-2)18-28(27)42-3/h4-12,17-19,21H,13-16,20H2,1-3H3,(H,33,40)(H,34,35,36). The van der Waals surface area contributed by atoms with E-state index in [2.05, 4.69) is 37.4 Å². The van der Waals surface area contributed by atoms with E-state index in [4.69, 9.17) is 9.47 Å². The quantitative estimate of drug-likeness (QED) is 0.284. The van der Waals surface area contributed by atoms with Gasteiger partial charge in [-0.2, -0.15) is 0 Å². The van der Waals surface area contributed by atoms with E-state index >= 15 is 0 Å². The fourth-order valence-corrected chi connectivity index (χ4v) is 4.71. The summed E-state index contributed by atoms with van der Waals surface area (Å²) >= 11 is 0. The maximum atomic E-state index is 13.7. The molecule has 1 saturated heterocycles. The van der Waals surface area contributed by atoms with E-state index in [-0.39, 0.29) is 12.4 Å². The minimum atomic E-state index is -0.418. The summed E-state index contributed by atoms with van der Waals surface area (Å²) < 4.78 is 24.5. The number of carbonyl (C=O) groups is 1. The second kappa shape index (κ2) is 13.2. The van der Waals surface area contributed by atoms with Crippen LogP contribution in [0.2, 0.25) is 0 Å². The highest BCUT2D eigenvalue weighted by Crippen LogP contribution is 2.33. The van der Waals surface area contributed by atoms with E-state index in [0.29, 0.717) is 40.1 Å². The Labute approximate surface area is 244 Å². The van der Waals surface area contributed by atoms with Crippen molar-refractivity contribution in [2.24, 2.45) is 0 Å². The third-order valence-corrected chi connectivity index (χ3v) is 7.07. The number of methoxy groups -OCH3 is 2. The minimum Gasteiger partial charge on any atom is -0.497 e. The number of nitrogens with one attached hydrogen (secondary N) is 2. The molecule has 11 heteroatoms. The Balaban J connectivity index is 1.42. The van der Waals surface area contributed by atoms with Crippen molar-refractivity contribution in [2.75, 3.05) is 62.6 Å². The molecule has 3 aromatic carbocycles. The number of amides is 2. The molecule has 0 spiro atoms. The van der Waals surface area contributed by atoms with Gasteiger partial charge in [0.15, 0.2) is 0 Å². The number of rotatable bonds is 9. The van der Waals surface area contributed by atoms with Crippen molar-refractivity contribution >= 4 is 34.7 Å². The van der Waals surface area contributed by atoms with Gasteiger partial charge < -0.3 is 29.9 Å². The zero-order valence-corrected chi connectivity index (χ0v) is 23.9. The molecule has 218 valence electrons. The number of nitrogens with zero attached hydrogens (tertiary/aromatic N) is 5. The first-order chi connectivity index (χ1) is 20.4. The fourth-order valence-electron chi connectivity index (χ4n) is 4.71. The molecule has 0 atom stereocenters. The molecule has 42 heavy (non-hydrogen) atoms. The molecule has 0 bridgehead atoms. The normalized spacial score (nSPS) is 13.4. The molecule has 1 fully saturated rings. The molecule has 2 heterocycles. The highest BCUT2D eigenvalue weighted by Gasteiger charge is 2.22. The second-order valence-electron chi connectivity index (χ2n) is 9.88. The molecule has 2 N–H and O–H groups in total. The predicted octanol–water partition coefficient (Wildman–Crippen LogP) is 5.18. The molecule has 1 aromatic heterocycles. The van der Waals surface area contributed by atoms with E-state index in [9.17, 15) is 9.18 Å². The number of carbonyl (C=O) groups excluding carboxylic acids is 1. The highest BCUT2D eigenvalue weighted by atomic mass is 19.1. The number of urea groups is 1. The number of ether oxygens (including phenoxy) is 2. The Morgan fingerprint density at radius 2 is 1.74 bits per heavy atom. The Bertz CT molecular complexity index is 1510. The first kappa shape index (κ1) is 28.6. The van der Waals surface area contributed by atoms with Crippen molar-refractivity contribution < 1.29 is 18.7 Å². The molecule has 4 aromatic rings. The summed E-state index contributed by atoms with van der Waals surface area (Å²) in [5.74, 6) is 1.67. The van der Waals surface area contributed by atoms with Crippen LogP contribution >= 0.6 is 0 Å². The number of anilines is 5. The Hall–Kier alpha value is -4.90. The third-order valence-electron chi connectivity index (χ3n) is 7.07. The van der Waals surface area contributed by atoms with Crippen LogP contribution in [-0.2, 0) is 6.54 Å². The third kappa shape index (κ3) is 6.87. The molecule has 1 aliphatic heterocycles. The Morgan fingerprint density at radius 3 is 2.45 bits per heavy atom. The van der Waals surface area contributed by atoms with E-state index < -0.39 is 6.03 Å². The van der Waals surface area contributed by atoms with Gasteiger partial charge in [0.2, 0.25) is 0 Å². The molecular formula is C31H34FN7O3. The summed E-state index contributed by atoms with van der Waals surface area (Å²) in [7, 11) is 5.28. The van der Waals surface area contributed by atoms with Crippen molar-refractivity contribution in [1.29, 1.82) is 0 Å². The number of hydrogen-bond donors (Lipinski definition) is 2. The smallest absolute Gasteiger partial charge is 0.327 e. The van der Waals surface area contributed by atoms with Crippen LogP contribution in [0.4, 0.5) is 37.9 Å². The average molecular weight is 572 g/mol. The summed E-state index contributed by atoms with van der Waals surface area (Å²) in [6.07, 6.45) is 1.39. The van der Waals surface area contributed by atoms with Crippen molar-refractivity contribution in [3.8, 4) is 11.5 Å². The van der Waals surface area contributed by atoms with Crippen LogP contribution in [0.25, 0.3) is 0 Å². The Kier molecular flexibility index (Phi) is 8.98. The van der Waals surface area contributed by atoms with Gasteiger partial charge in [-0.3, -0.25) is 0 Å². The molecule has 0 saturated carbocycles. The second-order valence-corrected chi connectivity index (χ2v) is 9.88. The zero-order valence-electron chi connectivity index (χ0n) is 23.9. The lowest BCUT2D eigenvalue weighted by Gasteiger charge is -2.34. The minimum absolute atomic E-state index is 0.145.